The van der Waals surface area contributed by atoms with Crippen LogP contribution in [0, 0.1) is 0 Å². The molecule has 2 aromatic rings. The highest BCUT2D eigenvalue weighted by Gasteiger charge is 2.02. The number of rotatable bonds is 6. The summed E-state index contributed by atoms with van der Waals surface area (Å²) in [5.41, 5.74) is 4.05. The molecule has 0 saturated carbocycles. The number of phenols is 1. The number of nitrogens with one attached hydrogen (secondary N) is 1. The van der Waals surface area contributed by atoms with E-state index in [4.69, 9.17) is 4.74 Å². The standard InChI is InChI=1S/C18H18N2O3/c1-2-23-17-12-15(8-10-16(17)21)13-19-20-18(22)11-9-14-6-4-3-5-7-14/h3-13,21H,2H2,1H3,(H,20,22)/b11-9+,19-13?. The topological polar surface area (TPSA) is 70.9 Å². The van der Waals surface area contributed by atoms with Crippen LogP contribution in [0.2, 0.25) is 0 Å². The average molecular weight is 310 g/mol. The summed E-state index contributed by atoms with van der Waals surface area (Å²) in [6.45, 7) is 2.29. The molecule has 0 fully saturated rings. The normalized spacial score (nSPS) is 11.0. The molecule has 0 atom stereocenters. The van der Waals surface area contributed by atoms with Crippen LogP contribution >= 0.6 is 0 Å². The molecular weight excluding hydrogens is 292 g/mol. The van der Waals surface area contributed by atoms with Gasteiger partial charge in [-0.05, 0) is 42.3 Å². The lowest BCUT2D eigenvalue weighted by Gasteiger charge is -2.05. The highest BCUT2D eigenvalue weighted by atomic mass is 16.5. The minimum Gasteiger partial charge on any atom is -0.504 e. The van der Waals surface area contributed by atoms with Crippen molar-refractivity contribution in [3.05, 3.63) is 65.7 Å². The monoisotopic (exact) mass is 310 g/mol. The number of aromatic hydroxyl groups is 1. The molecule has 0 saturated heterocycles. The van der Waals surface area contributed by atoms with Gasteiger partial charge in [0.25, 0.3) is 5.91 Å². The van der Waals surface area contributed by atoms with Crippen LogP contribution in [0.5, 0.6) is 11.5 Å². The van der Waals surface area contributed by atoms with Crippen molar-refractivity contribution < 1.29 is 14.6 Å². The van der Waals surface area contributed by atoms with E-state index in [2.05, 4.69) is 10.5 Å². The van der Waals surface area contributed by atoms with Crippen LogP contribution in [0.4, 0.5) is 0 Å². The molecule has 118 valence electrons. The first-order valence-corrected chi connectivity index (χ1v) is 7.21. The van der Waals surface area contributed by atoms with Crippen molar-refractivity contribution in [1.82, 2.24) is 5.43 Å². The third-order valence-electron chi connectivity index (χ3n) is 2.90. The molecule has 5 heteroatoms. The fourth-order valence-corrected chi connectivity index (χ4v) is 1.83. The Morgan fingerprint density at radius 2 is 2.00 bits per heavy atom. The molecule has 0 aromatic heterocycles. The lowest BCUT2D eigenvalue weighted by molar-refractivity contribution is -0.116. The predicted molar refractivity (Wildman–Crippen MR) is 90.5 cm³/mol. The van der Waals surface area contributed by atoms with Gasteiger partial charge in [0.2, 0.25) is 0 Å². The van der Waals surface area contributed by atoms with Crippen LogP contribution in [0.25, 0.3) is 6.08 Å². The summed E-state index contributed by atoms with van der Waals surface area (Å²) in [6.07, 6.45) is 4.60. The van der Waals surface area contributed by atoms with Crippen molar-refractivity contribution in [2.24, 2.45) is 5.10 Å². The van der Waals surface area contributed by atoms with E-state index in [1.54, 1.807) is 18.2 Å². The first-order chi connectivity index (χ1) is 11.2. The Morgan fingerprint density at radius 1 is 1.22 bits per heavy atom. The molecule has 0 heterocycles. The van der Waals surface area contributed by atoms with Crippen molar-refractivity contribution in [3.63, 3.8) is 0 Å². The van der Waals surface area contributed by atoms with Crippen molar-refractivity contribution in [2.75, 3.05) is 6.61 Å². The van der Waals surface area contributed by atoms with Crippen molar-refractivity contribution in [1.29, 1.82) is 0 Å². The fraction of sp³-hybridized carbons (Fsp3) is 0.111. The van der Waals surface area contributed by atoms with Gasteiger partial charge in [-0.1, -0.05) is 30.3 Å². The van der Waals surface area contributed by atoms with Crippen LogP contribution in [0.3, 0.4) is 0 Å². The molecule has 2 N–H and O–H groups in total. The minimum absolute atomic E-state index is 0.0684. The second-order valence-electron chi connectivity index (χ2n) is 4.64. The molecule has 0 aliphatic heterocycles. The number of carbonyl (C=O) groups is 1. The molecule has 0 unspecified atom stereocenters. The van der Waals surface area contributed by atoms with Gasteiger partial charge >= 0.3 is 0 Å². The predicted octanol–water partition coefficient (Wildman–Crippen LogP) is 2.95. The number of phenolic OH excluding ortho intramolecular Hbond substituents is 1. The number of hydrazone groups is 1. The van der Waals surface area contributed by atoms with E-state index in [1.807, 2.05) is 37.3 Å². The van der Waals surface area contributed by atoms with Crippen LogP contribution in [0.15, 0.2) is 59.7 Å². The van der Waals surface area contributed by atoms with Gasteiger partial charge in [0, 0.05) is 6.08 Å². The highest BCUT2D eigenvalue weighted by molar-refractivity contribution is 5.92. The van der Waals surface area contributed by atoms with E-state index in [9.17, 15) is 9.90 Å². The van der Waals surface area contributed by atoms with Crippen LogP contribution < -0.4 is 10.2 Å². The zero-order valence-electron chi connectivity index (χ0n) is 12.8. The van der Waals surface area contributed by atoms with Crippen LogP contribution in [-0.4, -0.2) is 23.8 Å². The van der Waals surface area contributed by atoms with Crippen molar-refractivity contribution in [2.45, 2.75) is 6.92 Å². The molecule has 5 nitrogen and oxygen atoms in total. The Hall–Kier alpha value is -3.08. The largest absolute Gasteiger partial charge is 0.504 e. The Bertz CT molecular complexity index is 709. The van der Waals surface area contributed by atoms with E-state index >= 15 is 0 Å². The van der Waals surface area contributed by atoms with Gasteiger partial charge in [-0.3, -0.25) is 4.79 Å². The van der Waals surface area contributed by atoms with Gasteiger partial charge in [-0.25, -0.2) is 5.43 Å². The van der Waals surface area contributed by atoms with E-state index in [0.717, 1.165) is 5.56 Å². The summed E-state index contributed by atoms with van der Waals surface area (Å²) in [7, 11) is 0. The first kappa shape index (κ1) is 16.3. The molecule has 2 rings (SSSR count). The average Bonchev–Trinajstić information content (AvgIpc) is 2.57. The quantitative estimate of drug-likeness (QED) is 0.489. The Kier molecular flexibility index (Phi) is 5.94. The molecule has 23 heavy (non-hydrogen) atoms. The third-order valence-corrected chi connectivity index (χ3v) is 2.90. The first-order valence-electron chi connectivity index (χ1n) is 7.21. The number of amides is 1. The van der Waals surface area contributed by atoms with E-state index in [-0.39, 0.29) is 11.7 Å². The molecule has 0 spiro atoms. The molecular formula is C18H18N2O3. The summed E-state index contributed by atoms with van der Waals surface area (Å²) in [5, 5.41) is 13.5. The molecule has 0 radical (unpaired) electrons. The summed E-state index contributed by atoms with van der Waals surface area (Å²) < 4.78 is 5.28. The smallest absolute Gasteiger partial charge is 0.264 e. The maximum Gasteiger partial charge on any atom is 0.264 e. The van der Waals surface area contributed by atoms with Crippen LogP contribution in [-0.2, 0) is 4.79 Å². The second-order valence-corrected chi connectivity index (χ2v) is 4.64. The number of nitrogens with zero attached hydrogens (tertiary/aromatic N) is 1. The SMILES string of the molecule is CCOc1cc(C=NNC(=O)/C=C/c2ccccc2)ccc1O. The molecule has 2 aromatic carbocycles. The molecule has 1 amide bonds. The van der Waals surface area contributed by atoms with E-state index in [1.165, 1.54) is 18.4 Å². The van der Waals surface area contributed by atoms with Gasteiger partial charge in [0.15, 0.2) is 11.5 Å². The van der Waals surface area contributed by atoms with Gasteiger partial charge < -0.3 is 9.84 Å². The van der Waals surface area contributed by atoms with Crippen LogP contribution in [0.1, 0.15) is 18.1 Å². The Balaban J connectivity index is 1.92. The molecule has 0 bridgehead atoms. The van der Waals surface area contributed by atoms with Crippen molar-refractivity contribution in [3.8, 4) is 11.5 Å². The maximum atomic E-state index is 11.7. The fourth-order valence-electron chi connectivity index (χ4n) is 1.83. The van der Waals surface area contributed by atoms with Gasteiger partial charge in [0.05, 0.1) is 12.8 Å². The summed E-state index contributed by atoms with van der Waals surface area (Å²) in [5.74, 6) is 0.125. The lowest BCUT2D eigenvalue weighted by Crippen LogP contribution is -2.14. The number of ether oxygens (including phenoxy) is 1. The van der Waals surface area contributed by atoms with Crippen molar-refractivity contribution >= 4 is 18.2 Å². The van der Waals surface area contributed by atoms with E-state index < -0.39 is 0 Å². The Labute approximate surface area is 134 Å². The zero-order chi connectivity index (χ0) is 16.5. The number of hydrogen-bond donors (Lipinski definition) is 2. The summed E-state index contributed by atoms with van der Waals surface area (Å²) >= 11 is 0. The summed E-state index contributed by atoms with van der Waals surface area (Å²) in [4.78, 5) is 11.7. The highest BCUT2D eigenvalue weighted by Crippen LogP contribution is 2.26. The Morgan fingerprint density at radius 3 is 2.74 bits per heavy atom. The minimum atomic E-state index is -0.325. The zero-order valence-corrected chi connectivity index (χ0v) is 12.8. The molecule has 0 aliphatic rings. The molecule has 0 aliphatic carbocycles. The van der Waals surface area contributed by atoms with Gasteiger partial charge in [0.1, 0.15) is 0 Å². The number of carbonyl (C=O) groups excluding carboxylic acids is 1. The van der Waals surface area contributed by atoms with Gasteiger partial charge in [-0.2, -0.15) is 5.10 Å². The lowest BCUT2D eigenvalue weighted by atomic mass is 10.2. The number of benzene rings is 2. The van der Waals surface area contributed by atoms with Gasteiger partial charge in [-0.15, -0.1) is 0 Å². The number of hydrogen-bond acceptors (Lipinski definition) is 4. The maximum absolute atomic E-state index is 11.7. The second kappa shape index (κ2) is 8.38. The summed E-state index contributed by atoms with van der Waals surface area (Å²) in [6, 6.07) is 14.4. The van der Waals surface area contributed by atoms with E-state index in [0.29, 0.717) is 17.9 Å². The third kappa shape index (κ3) is 5.32.